The SMILES string of the molecule is Cc1cc(C)cc(OCCNC(=O)[C@@H](C)N)c1.Cl. The normalized spacial score (nSPS) is 11.3. The van der Waals surface area contributed by atoms with Crippen molar-refractivity contribution in [2.24, 2.45) is 5.73 Å². The average Bonchev–Trinajstić information content (AvgIpc) is 2.22. The van der Waals surface area contributed by atoms with Gasteiger partial charge in [-0.1, -0.05) is 6.07 Å². The predicted molar refractivity (Wildman–Crippen MR) is 75.3 cm³/mol. The second-order valence-electron chi connectivity index (χ2n) is 4.25. The number of nitrogens with one attached hydrogen (secondary N) is 1. The Bertz CT molecular complexity index is 374. The van der Waals surface area contributed by atoms with Crippen molar-refractivity contribution in [2.75, 3.05) is 13.2 Å². The first-order chi connectivity index (χ1) is 7.99. The quantitative estimate of drug-likeness (QED) is 0.800. The van der Waals surface area contributed by atoms with Gasteiger partial charge in [0.1, 0.15) is 12.4 Å². The van der Waals surface area contributed by atoms with Gasteiger partial charge < -0.3 is 15.8 Å². The second kappa shape index (κ2) is 7.95. The third-order valence-corrected chi connectivity index (χ3v) is 2.28. The van der Waals surface area contributed by atoms with Gasteiger partial charge in [0.25, 0.3) is 0 Å². The molecule has 1 rings (SSSR count). The molecule has 0 aliphatic rings. The molecule has 0 spiro atoms. The van der Waals surface area contributed by atoms with Crippen molar-refractivity contribution in [3.63, 3.8) is 0 Å². The molecule has 1 aromatic rings. The summed E-state index contributed by atoms with van der Waals surface area (Å²) in [6.07, 6.45) is 0. The van der Waals surface area contributed by atoms with Crippen LogP contribution in [0.1, 0.15) is 18.1 Å². The molecule has 18 heavy (non-hydrogen) atoms. The Morgan fingerprint density at radius 3 is 2.39 bits per heavy atom. The van der Waals surface area contributed by atoms with E-state index in [0.29, 0.717) is 13.2 Å². The zero-order valence-corrected chi connectivity index (χ0v) is 11.8. The number of aryl methyl sites for hydroxylation is 2. The molecule has 1 atom stereocenters. The molecule has 0 unspecified atom stereocenters. The van der Waals surface area contributed by atoms with Gasteiger partial charge in [-0.05, 0) is 44.0 Å². The number of rotatable bonds is 5. The fraction of sp³-hybridized carbons (Fsp3) is 0.462. The topological polar surface area (TPSA) is 64.3 Å². The van der Waals surface area contributed by atoms with Crippen molar-refractivity contribution >= 4 is 18.3 Å². The minimum atomic E-state index is -0.476. The molecular weight excluding hydrogens is 252 g/mol. The summed E-state index contributed by atoms with van der Waals surface area (Å²) in [4.78, 5) is 11.2. The summed E-state index contributed by atoms with van der Waals surface area (Å²) in [7, 11) is 0. The number of carbonyl (C=O) groups excluding carboxylic acids is 1. The number of hydrogen-bond acceptors (Lipinski definition) is 3. The Hall–Kier alpha value is -1.26. The maximum absolute atomic E-state index is 11.2. The summed E-state index contributed by atoms with van der Waals surface area (Å²) >= 11 is 0. The molecule has 5 heteroatoms. The molecule has 0 aliphatic heterocycles. The van der Waals surface area contributed by atoms with E-state index >= 15 is 0 Å². The molecule has 0 aliphatic carbocycles. The molecular formula is C13H21ClN2O2. The van der Waals surface area contributed by atoms with Gasteiger partial charge >= 0.3 is 0 Å². The molecule has 1 aromatic carbocycles. The second-order valence-corrected chi connectivity index (χ2v) is 4.25. The smallest absolute Gasteiger partial charge is 0.236 e. The van der Waals surface area contributed by atoms with Crippen LogP contribution in [0.3, 0.4) is 0 Å². The Kier molecular flexibility index (Phi) is 7.39. The van der Waals surface area contributed by atoms with Gasteiger partial charge in [0.15, 0.2) is 0 Å². The lowest BCUT2D eigenvalue weighted by Crippen LogP contribution is -2.40. The van der Waals surface area contributed by atoms with Gasteiger partial charge in [0, 0.05) is 0 Å². The van der Waals surface area contributed by atoms with Crippen LogP contribution in [-0.2, 0) is 4.79 Å². The largest absolute Gasteiger partial charge is 0.492 e. The number of amides is 1. The van der Waals surface area contributed by atoms with E-state index in [2.05, 4.69) is 11.4 Å². The van der Waals surface area contributed by atoms with E-state index in [9.17, 15) is 4.79 Å². The van der Waals surface area contributed by atoms with E-state index in [1.807, 2.05) is 26.0 Å². The average molecular weight is 273 g/mol. The molecule has 0 radical (unpaired) electrons. The van der Waals surface area contributed by atoms with Crippen molar-refractivity contribution in [1.29, 1.82) is 0 Å². The fourth-order valence-electron chi connectivity index (χ4n) is 1.52. The summed E-state index contributed by atoms with van der Waals surface area (Å²) in [5, 5.41) is 2.69. The molecule has 0 aromatic heterocycles. The molecule has 0 saturated carbocycles. The first kappa shape index (κ1) is 16.7. The summed E-state index contributed by atoms with van der Waals surface area (Å²) in [6, 6.07) is 5.56. The zero-order chi connectivity index (χ0) is 12.8. The van der Waals surface area contributed by atoms with Crippen LogP contribution in [0.15, 0.2) is 18.2 Å². The highest BCUT2D eigenvalue weighted by Crippen LogP contribution is 2.15. The fourth-order valence-corrected chi connectivity index (χ4v) is 1.52. The predicted octanol–water partition coefficient (Wildman–Crippen LogP) is 1.57. The van der Waals surface area contributed by atoms with Crippen molar-refractivity contribution < 1.29 is 9.53 Å². The maximum Gasteiger partial charge on any atom is 0.236 e. The van der Waals surface area contributed by atoms with E-state index in [-0.39, 0.29) is 18.3 Å². The van der Waals surface area contributed by atoms with Gasteiger partial charge in [0.05, 0.1) is 12.6 Å². The number of benzene rings is 1. The molecule has 1 amide bonds. The summed E-state index contributed by atoms with van der Waals surface area (Å²) in [5.41, 5.74) is 7.75. The summed E-state index contributed by atoms with van der Waals surface area (Å²) < 4.78 is 5.54. The number of halogens is 1. The molecule has 102 valence electrons. The first-order valence-electron chi connectivity index (χ1n) is 5.73. The van der Waals surface area contributed by atoms with Crippen LogP contribution < -0.4 is 15.8 Å². The van der Waals surface area contributed by atoms with Gasteiger partial charge in [-0.15, -0.1) is 12.4 Å². The van der Waals surface area contributed by atoms with Crippen LogP contribution in [0.25, 0.3) is 0 Å². The lowest BCUT2D eigenvalue weighted by atomic mass is 10.1. The van der Waals surface area contributed by atoms with Gasteiger partial charge in [0.2, 0.25) is 5.91 Å². The lowest BCUT2D eigenvalue weighted by Gasteiger charge is -2.10. The lowest BCUT2D eigenvalue weighted by molar-refractivity contribution is -0.122. The number of hydrogen-bond donors (Lipinski definition) is 2. The van der Waals surface area contributed by atoms with Crippen LogP contribution in [0, 0.1) is 13.8 Å². The molecule has 0 saturated heterocycles. The van der Waals surface area contributed by atoms with E-state index in [1.54, 1.807) is 6.92 Å². The van der Waals surface area contributed by atoms with Gasteiger partial charge in [-0.2, -0.15) is 0 Å². The van der Waals surface area contributed by atoms with Crippen LogP contribution in [0.2, 0.25) is 0 Å². The molecule has 0 bridgehead atoms. The van der Waals surface area contributed by atoms with Crippen LogP contribution >= 0.6 is 12.4 Å². The van der Waals surface area contributed by atoms with Crippen molar-refractivity contribution in [2.45, 2.75) is 26.8 Å². The van der Waals surface area contributed by atoms with Crippen molar-refractivity contribution in [3.8, 4) is 5.75 Å². The Morgan fingerprint density at radius 1 is 1.33 bits per heavy atom. The zero-order valence-electron chi connectivity index (χ0n) is 11.0. The number of nitrogens with two attached hydrogens (primary N) is 1. The van der Waals surface area contributed by atoms with E-state index in [0.717, 1.165) is 5.75 Å². The third kappa shape index (κ3) is 5.89. The van der Waals surface area contributed by atoms with E-state index in [4.69, 9.17) is 10.5 Å². The van der Waals surface area contributed by atoms with Crippen molar-refractivity contribution in [1.82, 2.24) is 5.32 Å². The maximum atomic E-state index is 11.2. The molecule has 0 heterocycles. The number of ether oxygens (including phenoxy) is 1. The van der Waals surface area contributed by atoms with Crippen molar-refractivity contribution in [3.05, 3.63) is 29.3 Å². The first-order valence-corrected chi connectivity index (χ1v) is 5.73. The summed E-state index contributed by atoms with van der Waals surface area (Å²) in [5.74, 6) is 0.673. The Balaban J connectivity index is 0.00000289. The van der Waals surface area contributed by atoms with E-state index < -0.39 is 6.04 Å². The standard InChI is InChI=1S/C13H20N2O2.ClH/c1-9-6-10(2)8-12(7-9)17-5-4-15-13(16)11(3)14;/h6-8,11H,4-5,14H2,1-3H3,(H,15,16);1H/t11-;/m1./s1. The third-order valence-electron chi connectivity index (χ3n) is 2.28. The van der Waals surface area contributed by atoms with Gasteiger partial charge in [-0.25, -0.2) is 0 Å². The minimum absolute atomic E-state index is 0. The molecule has 0 fully saturated rings. The monoisotopic (exact) mass is 272 g/mol. The summed E-state index contributed by atoms with van der Waals surface area (Å²) in [6.45, 7) is 6.62. The molecule has 4 nitrogen and oxygen atoms in total. The van der Waals surface area contributed by atoms with Crippen LogP contribution in [0.4, 0.5) is 0 Å². The van der Waals surface area contributed by atoms with E-state index in [1.165, 1.54) is 11.1 Å². The highest BCUT2D eigenvalue weighted by atomic mass is 35.5. The molecule has 3 N–H and O–H groups in total. The number of carbonyl (C=O) groups is 1. The highest BCUT2D eigenvalue weighted by molar-refractivity contribution is 5.85. The van der Waals surface area contributed by atoms with Crippen LogP contribution in [0.5, 0.6) is 5.75 Å². The minimum Gasteiger partial charge on any atom is -0.492 e. The Morgan fingerprint density at radius 2 is 1.89 bits per heavy atom. The van der Waals surface area contributed by atoms with Crippen LogP contribution in [-0.4, -0.2) is 25.1 Å². The highest BCUT2D eigenvalue weighted by Gasteiger charge is 2.05. The Labute approximate surface area is 114 Å². The van der Waals surface area contributed by atoms with Gasteiger partial charge in [-0.3, -0.25) is 4.79 Å².